The number of pyridine rings is 1. The van der Waals surface area contributed by atoms with E-state index in [1.165, 1.54) is 22.7 Å². The number of hydrogen-bond acceptors (Lipinski definition) is 4. The summed E-state index contributed by atoms with van der Waals surface area (Å²) in [6, 6.07) is 15.3. The molecule has 0 amide bonds. The van der Waals surface area contributed by atoms with Crippen LogP contribution in [0.2, 0.25) is 0 Å². The lowest BCUT2D eigenvalue weighted by Crippen LogP contribution is -2.28. The molecule has 0 aliphatic carbocycles. The molecule has 3 heterocycles. The zero-order valence-corrected chi connectivity index (χ0v) is 16.3. The molecule has 2 N–H and O–H groups in total. The summed E-state index contributed by atoms with van der Waals surface area (Å²) in [6.45, 7) is 4.60. The van der Waals surface area contributed by atoms with Crippen LogP contribution in [0.1, 0.15) is 31.1 Å². The van der Waals surface area contributed by atoms with Gasteiger partial charge in [0.15, 0.2) is 5.65 Å². The average molecular weight is 391 g/mol. The fourth-order valence-electron chi connectivity index (χ4n) is 3.38. The van der Waals surface area contributed by atoms with Gasteiger partial charge in [-0.1, -0.05) is 32.0 Å². The molecule has 148 valence electrons. The van der Waals surface area contributed by atoms with Crippen LogP contribution in [0.15, 0.2) is 65.6 Å². The van der Waals surface area contributed by atoms with Crippen molar-refractivity contribution in [2.45, 2.75) is 26.4 Å². The molecule has 7 heteroatoms. The summed E-state index contributed by atoms with van der Waals surface area (Å²) < 4.78 is 14.9. The molecule has 0 saturated heterocycles. The molecule has 29 heavy (non-hydrogen) atoms. The van der Waals surface area contributed by atoms with Crippen molar-refractivity contribution in [1.82, 2.24) is 24.9 Å². The first-order valence-electron chi connectivity index (χ1n) is 9.53. The first kappa shape index (κ1) is 19.0. The summed E-state index contributed by atoms with van der Waals surface area (Å²) in [4.78, 5) is 21.7. The quantitative estimate of drug-likeness (QED) is 0.525. The van der Waals surface area contributed by atoms with Crippen molar-refractivity contribution in [3.05, 3.63) is 88.2 Å². The smallest absolute Gasteiger partial charge is 0.272 e. The third kappa shape index (κ3) is 4.09. The number of halogens is 1. The van der Waals surface area contributed by atoms with Gasteiger partial charge in [-0.25, -0.2) is 13.9 Å². The van der Waals surface area contributed by atoms with Crippen molar-refractivity contribution in [3.63, 3.8) is 0 Å². The van der Waals surface area contributed by atoms with Gasteiger partial charge in [0.1, 0.15) is 5.82 Å². The van der Waals surface area contributed by atoms with Gasteiger partial charge in [-0.2, -0.15) is 0 Å². The average Bonchev–Trinajstić information content (AvgIpc) is 3.14. The van der Waals surface area contributed by atoms with Crippen LogP contribution in [0.3, 0.4) is 0 Å². The Morgan fingerprint density at radius 2 is 2.00 bits per heavy atom. The van der Waals surface area contributed by atoms with Crippen LogP contribution in [0.25, 0.3) is 17.0 Å². The second-order valence-electron chi connectivity index (χ2n) is 7.33. The number of fused-ring (bicyclic) bond motifs is 1. The second-order valence-corrected chi connectivity index (χ2v) is 7.33. The molecule has 3 aromatic heterocycles. The molecule has 4 aromatic rings. The Hall–Kier alpha value is -3.32. The molecule has 6 nitrogen and oxygen atoms in total. The van der Waals surface area contributed by atoms with Crippen LogP contribution >= 0.6 is 0 Å². The predicted molar refractivity (Wildman–Crippen MR) is 110 cm³/mol. The molecule has 0 spiro atoms. The Bertz CT molecular complexity index is 1180. The van der Waals surface area contributed by atoms with Crippen molar-refractivity contribution in [2.24, 2.45) is 5.92 Å². The van der Waals surface area contributed by atoms with E-state index in [0.717, 1.165) is 17.0 Å². The Kier molecular flexibility index (Phi) is 5.22. The third-order valence-corrected chi connectivity index (χ3v) is 4.81. The predicted octanol–water partition coefficient (Wildman–Crippen LogP) is 3.71. The molecule has 1 aromatic carbocycles. The van der Waals surface area contributed by atoms with E-state index in [1.807, 2.05) is 30.3 Å². The van der Waals surface area contributed by atoms with Gasteiger partial charge in [-0.15, -0.1) is 0 Å². The first-order chi connectivity index (χ1) is 14.0. The molecule has 0 unspecified atom stereocenters. The lowest BCUT2D eigenvalue weighted by molar-refractivity contribution is 0.401. The van der Waals surface area contributed by atoms with E-state index in [9.17, 15) is 9.18 Å². The van der Waals surface area contributed by atoms with Gasteiger partial charge < -0.3 is 5.32 Å². The molecule has 4 rings (SSSR count). The normalized spacial score (nSPS) is 12.6. The van der Waals surface area contributed by atoms with Crippen molar-refractivity contribution >= 4 is 5.65 Å². The molecule has 0 bridgehead atoms. The number of hydrogen-bond donors (Lipinski definition) is 2. The monoisotopic (exact) mass is 391 g/mol. The van der Waals surface area contributed by atoms with Crippen molar-refractivity contribution < 1.29 is 4.39 Å². The van der Waals surface area contributed by atoms with Crippen LogP contribution in [-0.4, -0.2) is 19.6 Å². The highest BCUT2D eigenvalue weighted by Gasteiger charge is 2.19. The van der Waals surface area contributed by atoms with Crippen molar-refractivity contribution in [1.29, 1.82) is 0 Å². The number of aromatic amines is 1. The highest BCUT2D eigenvalue weighted by molar-refractivity contribution is 5.60. The Morgan fingerprint density at radius 1 is 1.14 bits per heavy atom. The standard InChI is InChI=1S/C22H22FN5O/c1-14(2)22(25-13-15-6-5-7-16(23)10-15)19-12-21(29)28-20(26-19)11-18(27-28)17-8-3-4-9-24-17/h3-12,14,22,25,27H,13H2,1-2H3/t22-/m0/s1. The lowest BCUT2D eigenvalue weighted by atomic mass is 10.00. The fourth-order valence-corrected chi connectivity index (χ4v) is 3.38. The number of benzene rings is 1. The van der Waals surface area contributed by atoms with E-state index in [0.29, 0.717) is 17.9 Å². The largest absolute Gasteiger partial charge is 0.304 e. The highest BCUT2D eigenvalue weighted by atomic mass is 19.1. The Morgan fingerprint density at radius 3 is 2.72 bits per heavy atom. The molecule has 0 saturated carbocycles. The Labute approximate surface area is 167 Å². The van der Waals surface area contributed by atoms with Crippen LogP contribution in [0.5, 0.6) is 0 Å². The van der Waals surface area contributed by atoms with E-state index in [-0.39, 0.29) is 23.3 Å². The van der Waals surface area contributed by atoms with E-state index in [1.54, 1.807) is 12.3 Å². The fraction of sp³-hybridized carbons (Fsp3) is 0.227. The number of H-pyrrole nitrogens is 1. The zero-order valence-electron chi connectivity index (χ0n) is 16.3. The summed E-state index contributed by atoms with van der Waals surface area (Å²) >= 11 is 0. The minimum atomic E-state index is -0.266. The van der Waals surface area contributed by atoms with Crippen molar-refractivity contribution in [2.75, 3.05) is 0 Å². The molecule has 0 aliphatic heterocycles. The third-order valence-electron chi connectivity index (χ3n) is 4.81. The first-order valence-corrected chi connectivity index (χ1v) is 9.53. The molecule has 0 fully saturated rings. The van der Waals surface area contributed by atoms with Crippen LogP contribution < -0.4 is 10.9 Å². The maximum absolute atomic E-state index is 13.5. The van der Waals surface area contributed by atoms with E-state index >= 15 is 0 Å². The van der Waals surface area contributed by atoms with Crippen LogP contribution in [0, 0.1) is 11.7 Å². The van der Waals surface area contributed by atoms with Gasteiger partial charge in [0, 0.05) is 24.9 Å². The van der Waals surface area contributed by atoms with Gasteiger partial charge in [0.2, 0.25) is 0 Å². The van der Waals surface area contributed by atoms with E-state index in [2.05, 4.69) is 29.2 Å². The van der Waals surface area contributed by atoms with Crippen LogP contribution in [0.4, 0.5) is 4.39 Å². The number of rotatable bonds is 6. The van der Waals surface area contributed by atoms with Gasteiger partial charge in [-0.05, 0) is 35.7 Å². The maximum Gasteiger partial charge on any atom is 0.272 e. The Balaban J connectivity index is 1.66. The van der Waals surface area contributed by atoms with Crippen molar-refractivity contribution in [3.8, 4) is 11.4 Å². The molecular weight excluding hydrogens is 369 g/mol. The van der Waals surface area contributed by atoms with Gasteiger partial charge in [0.05, 0.1) is 23.1 Å². The summed E-state index contributed by atoms with van der Waals surface area (Å²) in [5, 5.41) is 6.47. The molecule has 0 radical (unpaired) electrons. The number of nitrogens with one attached hydrogen (secondary N) is 2. The molecule has 1 atom stereocenters. The number of aromatic nitrogens is 4. The van der Waals surface area contributed by atoms with Gasteiger partial charge >= 0.3 is 0 Å². The summed E-state index contributed by atoms with van der Waals surface area (Å²) in [5.74, 6) is -0.0790. The lowest BCUT2D eigenvalue weighted by Gasteiger charge is -2.22. The molecular formula is C22H22FN5O. The minimum Gasteiger partial charge on any atom is -0.304 e. The van der Waals surface area contributed by atoms with E-state index < -0.39 is 0 Å². The molecule has 0 aliphatic rings. The van der Waals surface area contributed by atoms with Gasteiger partial charge in [0.25, 0.3) is 5.56 Å². The summed E-state index contributed by atoms with van der Waals surface area (Å²) in [6.07, 6.45) is 1.70. The number of nitrogens with zero attached hydrogens (tertiary/aromatic N) is 3. The second kappa shape index (κ2) is 7.97. The topological polar surface area (TPSA) is 75.1 Å². The minimum absolute atomic E-state index is 0.149. The zero-order chi connectivity index (χ0) is 20.4. The SMILES string of the molecule is CC(C)[C@H](NCc1cccc(F)c1)c1cc(=O)n2[nH]c(-c3ccccn3)cc2n1. The summed E-state index contributed by atoms with van der Waals surface area (Å²) in [5.41, 5.74) is 3.31. The highest BCUT2D eigenvalue weighted by Crippen LogP contribution is 2.22. The maximum atomic E-state index is 13.5. The van der Waals surface area contributed by atoms with E-state index in [4.69, 9.17) is 4.98 Å². The summed E-state index contributed by atoms with van der Waals surface area (Å²) in [7, 11) is 0. The van der Waals surface area contributed by atoms with Crippen LogP contribution in [-0.2, 0) is 6.54 Å². The van der Waals surface area contributed by atoms with Gasteiger partial charge in [-0.3, -0.25) is 14.9 Å².